The Labute approximate surface area is 123 Å². The number of rotatable bonds is 8. The second-order valence-corrected chi connectivity index (χ2v) is 5.44. The van der Waals surface area contributed by atoms with Crippen LogP contribution in [0.15, 0.2) is 18.2 Å². The molecule has 1 aromatic carbocycles. The van der Waals surface area contributed by atoms with E-state index in [2.05, 4.69) is 31.0 Å². The van der Waals surface area contributed by atoms with E-state index in [1.807, 2.05) is 26.1 Å². The molecule has 0 saturated heterocycles. The number of hydrogen-bond donors (Lipinski definition) is 1. The van der Waals surface area contributed by atoms with Gasteiger partial charge in [0.1, 0.15) is 5.82 Å². The molecule has 2 nitrogen and oxygen atoms in total. The summed E-state index contributed by atoms with van der Waals surface area (Å²) in [5, 5.41) is 3.14. The number of anilines is 1. The van der Waals surface area contributed by atoms with Crippen LogP contribution in [0.25, 0.3) is 0 Å². The topological polar surface area (TPSA) is 15.3 Å². The minimum Gasteiger partial charge on any atom is -0.369 e. The fourth-order valence-electron chi connectivity index (χ4n) is 2.47. The summed E-state index contributed by atoms with van der Waals surface area (Å²) in [5.41, 5.74) is 1.72. The summed E-state index contributed by atoms with van der Waals surface area (Å²) >= 11 is 0. The minimum absolute atomic E-state index is 0.114. The first kappa shape index (κ1) is 17.0. The molecule has 20 heavy (non-hydrogen) atoms. The van der Waals surface area contributed by atoms with Gasteiger partial charge in [-0.25, -0.2) is 4.39 Å². The maximum atomic E-state index is 14.4. The molecule has 0 amide bonds. The Morgan fingerprint density at radius 3 is 2.30 bits per heavy atom. The van der Waals surface area contributed by atoms with Crippen LogP contribution < -0.4 is 10.2 Å². The number of halogens is 1. The predicted molar refractivity (Wildman–Crippen MR) is 85.8 cm³/mol. The summed E-state index contributed by atoms with van der Waals surface area (Å²) in [6, 6.07) is 5.78. The van der Waals surface area contributed by atoms with Crippen LogP contribution in [0.3, 0.4) is 0 Å². The molecule has 0 fully saturated rings. The lowest BCUT2D eigenvalue weighted by Gasteiger charge is -2.28. The lowest BCUT2D eigenvalue weighted by molar-refractivity contribution is 0.481. The minimum atomic E-state index is -0.114. The van der Waals surface area contributed by atoms with Crippen LogP contribution in [0, 0.1) is 11.7 Å². The van der Waals surface area contributed by atoms with E-state index in [9.17, 15) is 4.39 Å². The fourth-order valence-corrected chi connectivity index (χ4v) is 2.47. The van der Waals surface area contributed by atoms with Gasteiger partial charge in [-0.3, -0.25) is 0 Å². The smallest absolute Gasteiger partial charge is 0.146 e. The van der Waals surface area contributed by atoms with Crippen molar-refractivity contribution in [1.29, 1.82) is 0 Å². The standard InChI is InChI=1S/C17H29FN2/c1-6-14(7-2)12-20(8-3)17-10-9-15(11-16(17)18)13(4)19-5/h9-11,13-14,19H,6-8,12H2,1-5H3. The molecule has 1 unspecified atom stereocenters. The Morgan fingerprint density at radius 2 is 1.85 bits per heavy atom. The van der Waals surface area contributed by atoms with Crippen molar-refractivity contribution in [3.05, 3.63) is 29.6 Å². The van der Waals surface area contributed by atoms with Gasteiger partial charge < -0.3 is 10.2 Å². The van der Waals surface area contributed by atoms with Gasteiger partial charge in [0.05, 0.1) is 5.69 Å². The maximum Gasteiger partial charge on any atom is 0.146 e. The molecule has 0 aliphatic rings. The van der Waals surface area contributed by atoms with E-state index in [1.165, 1.54) is 0 Å². The third-order valence-electron chi connectivity index (χ3n) is 4.26. The molecule has 0 heterocycles. The Balaban J connectivity index is 2.93. The number of nitrogens with zero attached hydrogens (tertiary/aromatic N) is 1. The van der Waals surface area contributed by atoms with Crippen LogP contribution >= 0.6 is 0 Å². The molecule has 1 N–H and O–H groups in total. The van der Waals surface area contributed by atoms with Gasteiger partial charge in [-0.15, -0.1) is 0 Å². The van der Waals surface area contributed by atoms with E-state index >= 15 is 0 Å². The highest BCUT2D eigenvalue weighted by Crippen LogP contribution is 2.25. The highest BCUT2D eigenvalue weighted by Gasteiger charge is 2.15. The Kier molecular flexibility index (Phi) is 7.00. The average molecular weight is 280 g/mol. The number of benzene rings is 1. The highest BCUT2D eigenvalue weighted by molar-refractivity contribution is 5.49. The molecular formula is C17H29FN2. The molecular weight excluding hydrogens is 251 g/mol. The van der Waals surface area contributed by atoms with Crippen molar-refractivity contribution in [2.24, 2.45) is 5.92 Å². The van der Waals surface area contributed by atoms with Gasteiger partial charge >= 0.3 is 0 Å². The van der Waals surface area contributed by atoms with E-state index in [0.717, 1.165) is 37.2 Å². The zero-order valence-corrected chi connectivity index (χ0v) is 13.5. The fraction of sp³-hybridized carbons (Fsp3) is 0.647. The molecule has 0 aliphatic heterocycles. The van der Waals surface area contributed by atoms with Crippen molar-refractivity contribution >= 4 is 5.69 Å². The van der Waals surface area contributed by atoms with Crippen LogP contribution in [-0.4, -0.2) is 20.1 Å². The van der Waals surface area contributed by atoms with Gasteiger partial charge in [-0.1, -0.05) is 32.8 Å². The lowest BCUT2D eigenvalue weighted by atomic mass is 10.0. The van der Waals surface area contributed by atoms with Crippen molar-refractivity contribution in [1.82, 2.24) is 5.32 Å². The van der Waals surface area contributed by atoms with Gasteiger partial charge in [-0.05, 0) is 44.5 Å². The normalized spacial score (nSPS) is 12.8. The number of hydrogen-bond acceptors (Lipinski definition) is 2. The van der Waals surface area contributed by atoms with Crippen molar-refractivity contribution < 1.29 is 4.39 Å². The largest absolute Gasteiger partial charge is 0.369 e. The van der Waals surface area contributed by atoms with Crippen LogP contribution in [0.4, 0.5) is 10.1 Å². The first-order valence-corrected chi connectivity index (χ1v) is 7.78. The summed E-state index contributed by atoms with van der Waals surface area (Å²) in [6.45, 7) is 10.3. The molecule has 3 heteroatoms. The van der Waals surface area contributed by atoms with Crippen LogP contribution in [0.5, 0.6) is 0 Å². The van der Waals surface area contributed by atoms with E-state index < -0.39 is 0 Å². The lowest BCUT2D eigenvalue weighted by Crippen LogP contribution is -2.29. The monoisotopic (exact) mass is 280 g/mol. The summed E-state index contributed by atoms with van der Waals surface area (Å²) in [4.78, 5) is 2.15. The van der Waals surface area contributed by atoms with Gasteiger partial charge in [0, 0.05) is 19.1 Å². The van der Waals surface area contributed by atoms with Crippen LogP contribution in [0.2, 0.25) is 0 Å². The second kappa shape index (κ2) is 8.25. The summed E-state index contributed by atoms with van der Waals surface area (Å²) in [7, 11) is 1.89. The predicted octanol–water partition coefficient (Wildman–Crippen LogP) is 4.37. The molecule has 0 aliphatic carbocycles. The molecule has 0 bridgehead atoms. The molecule has 0 spiro atoms. The summed E-state index contributed by atoms with van der Waals surface area (Å²) < 4.78 is 14.4. The van der Waals surface area contributed by atoms with E-state index in [1.54, 1.807) is 6.07 Å². The average Bonchev–Trinajstić information content (AvgIpc) is 2.48. The summed E-state index contributed by atoms with van der Waals surface area (Å²) in [5.74, 6) is 0.516. The van der Waals surface area contributed by atoms with Gasteiger partial charge in [-0.2, -0.15) is 0 Å². The molecule has 0 aromatic heterocycles. The molecule has 1 rings (SSSR count). The first-order chi connectivity index (χ1) is 9.57. The van der Waals surface area contributed by atoms with Crippen molar-refractivity contribution in [3.63, 3.8) is 0 Å². The molecule has 1 aromatic rings. The Hall–Kier alpha value is -1.09. The zero-order chi connectivity index (χ0) is 15.1. The first-order valence-electron chi connectivity index (χ1n) is 7.78. The van der Waals surface area contributed by atoms with Gasteiger partial charge in [0.25, 0.3) is 0 Å². The number of nitrogens with one attached hydrogen (secondary N) is 1. The summed E-state index contributed by atoms with van der Waals surface area (Å²) in [6.07, 6.45) is 2.28. The van der Waals surface area contributed by atoms with Crippen molar-refractivity contribution in [3.8, 4) is 0 Å². The SMILES string of the molecule is CCC(CC)CN(CC)c1ccc(C(C)NC)cc1F. The van der Waals surface area contributed by atoms with Crippen LogP contribution in [-0.2, 0) is 0 Å². The molecule has 0 radical (unpaired) electrons. The van der Waals surface area contributed by atoms with E-state index in [-0.39, 0.29) is 11.9 Å². The van der Waals surface area contributed by atoms with E-state index in [0.29, 0.717) is 5.92 Å². The van der Waals surface area contributed by atoms with Crippen LogP contribution in [0.1, 0.15) is 52.1 Å². The van der Waals surface area contributed by atoms with E-state index in [4.69, 9.17) is 0 Å². The zero-order valence-electron chi connectivity index (χ0n) is 13.5. The third kappa shape index (κ3) is 4.20. The maximum absolute atomic E-state index is 14.4. The Morgan fingerprint density at radius 1 is 1.20 bits per heavy atom. The third-order valence-corrected chi connectivity index (χ3v) is 4.26. The van der Waals surface area contributed by atoms with Gasteiger partial charge in [0.15, 0.2) is 0 Å². The quantitative estimate of drug-likeness (QED) is 0.760. The Bertz CT molecular complexity index is 402. The second-order valence-electron chi connectivity index (χ2n) is 5.44. The molecule has 114 valence electrons. The molecule has 0 saturated carbocycles. The molecule has 1 atom stereocenters. The van der Waals surface area contributed by atoms with Gasteiger partial charge in [0.2, 0.25) is 0 Å². The van der Waals surface area contributed by atoms with Crippen molar-refractivity contribution in [2.75, 3.05) is 25.0 Å². The highest BCUT2D eigenvalue weighted by atomic mass is 19.1. The van der Waals surface area contributed by atoms with Crippen molar-refractivity contribution in [2.45, 2.75) is 46.6 Å².